The van der Waals surface area contributed by atoms with Gasteiger partial charge in [0.15, 0.2) is 0 Å². The second-order valence-corrected chi connectivity index (χ2v) is 5.54. The molecule has 24 heavy (non-hydrogen) atoms. The molecule has 0 bridgehead atoms. The molecule has 0 aliphatic heterocycles. The topological polar surface area (TPSA) is 87.4 Å². The second-order valence-electron chi connectivity index (χ2n) is 5.54. The van der Waals surface area contributed by atoms with Crippen molar-refractivity contribution < 1.29 is 9.66 Å². The lowest BCUT2D eigenvalue weighted by Crippen LogP contribution is -2.07. The van der Waals surface area contributed by atoms with Crippen LogP contribution in [0.4, 0.5) is 5.69 Å². The average molecular weight is 324 g/mol. The Morgan fingerprint density at radius 1 is 1.04 bits per heavy atom. The number of nitro groups is 1. The monoisotopic (exact) mass is 324 g/mol. The van der Waals surface area contributed by atoms with Crippen molar-refractivity contribution in [2.75, 3.05) is 0 Å². The maximum Gasteiger partial charge on any atom is 0.269 e. The van der Waals surface area contributed by atoms with Crippen LogP contribution in [-0.2, 0) is 0 Å². The Labute approximate surface area is 141 Å². The molecule has 0 radical (unpaired) electrons. The standard InChI is InChI=1S/C19H17NO3.H3N/c1-13-7-12-18-17(14(13)2)5-3-4-6-19(18)23-16-10-8-15(9-11-16)20(21)22;/h3-12,19H,1-2H3;1H3. The van der Waals surface area contributed by atoms with E-state index in [0.717, 1.165) is 5.56 Å². The molecule has 1 aliphatic carbocycles. The zero-order valence-electron chi connectivity index (χ0n) is 13.7. The molecular formula is C19H20N2O3. The summed E-state index contributed by atoms with van der Waals surface area (Å²) in [4.78, 5) is 10.3. The normalized spacial score (nSPS) is 15.2. The van der Waals surface area contributed by atoms with E-state index in [1.165, 1.54) is 28.8 Å². The average Bonchev–Trinajstić information content (AvgIpc) is 2.74. The second kappa shape index (κ2) is 7.10. The Hall–Kier alpha value is -2.92. The lowest BCUT2D eigenvalue weighted by molar-refractivity contribution is -0.384. The molecule has 2 aromatic carbocycles. The highest BCUT2D eigenvalue weighted by Crippen LogP contribution is 2.32. The van der Waals surface area contributed by atoms with Crippen LogP contribution in [0.5, 0.6) is 5.75 Å². The highest BCUT2D eigenvalue weighted by molar-refractivity contribution is 5.63. The van der Waals surface area contributed by atoms with Gasteiger partial charge >= 0.3 is 0 Å². The molecule has 1 atom stereocenters. The van der Waals surface area contributed by atoms with Gasteiger partial charge in [-0.15, -0.1) is 0 Å². The quantitative estimate of drug-likeness (QED) is 0.630. The van der Waals surface area contributed by atoms with Gasteiger partial charge in [0.25, 0.3) is 5.69 Å². The molecule has 1 unspecified atom stereocenters. The van der Waals surface area contributed by atoms with E-state index in [0.29, 0.717) is 5.75 Å². The summed E-state index contributed by atoms with van der Waals surface area (Å²) in [7, 11) is 0. The molecule has 0 aromatic heterocycles. The number of nitro benzene ring substituents is 1. The van der Waals surface area contributed by atoms with Crippen LogP contribution in [0, 0.1) is 24.0 Å². The number of hydrogen-bond acceptors (Lipinski definition) is 4. The first-order chi connectivity index (χ1) is 11.1. The fourth-order valence-electron chi connectivity index (χ4n) is 2.64. The minimum Gasteiger partial charge on any atom is -0.482 e. The number of hydrogen-bond donors (Lipinski definition) is 1. The molecule has 1 aliphatic rings. The van der Waals surface area contributed by atoms with Gasteiger partial charge in [-0.3, -0.25) is 10.1 Å². The minimum absolute atomic E-state index is 0. The van der Waals surface area contributed by atoms with Crippen molar-refractivity contribution in [1.29, 1.82) is 0 Å². The molecule has 3 N–H and O–H groups in total. The zero-order chi connectivity index (χ0) is 16.4. The molecule has 0 amide bonds. The smallest absolute Gasteiger partial charge is 0.269 e. The number of allylic oxidation sites excluding steroid dienone is 2. The third-order valence-corrected chi connectivity index (χ3v) is 4.10. The van der Waals surface area contributed by atoms with E-state index in [4.69, 9.17) is 4.74 Å². The van der Waals surface area contributed by atoms with Crippen LogP contribution < -0.4 is 10.9 Å². The van der Waals surface area contributed by atoms with Crippen LogP contribution in [0.2, 0.25) is 0 Å². The SMILES string of the molecule is Cc1ccc2c(c1C)C=CC=CC2Oc1ccc([N+](=O)[O-])cc1.N. The van der Waals surface area contributed by atoms with E-state index in [-0.39, 0.29) is 17.9 Å². The van der Waals surface area contributed by atoms with E-state index in [9.17, 15) is 10.1 Å². The number of non-ortho nitro benzene ring substituents is 1. The van der Waals surface area contributed by atoms with Crippen molar-refractivity contribution >= 4 is 11.8 Å². The van der Waals surface area contributed by atoms with Crippen LogP contribution in [0.25, 0.3) is 6.08 Å². The van der Waals surface area contributed by atoms with Crippen molar-refractivity contribution in [2.45, 2.75) is 20.0 Å². The van der Waals surface area contributed by atoms with Crippen LogP contribution >= 0.6 is 0 Å². The molecule has 0 fully saturated rings. The number of aryl methyl sites for hydroxylation is 1. The van der Waals surface area contributed by atoms with Crippen LogP contribution in [0.3, 0.4) is 0 Å². The van der Waals surface area contributed by atoms with Gasteiger partial charge in [0.1, 0.15) is 11.9 Å². The molecule has 0 saturated carbocycles. The number of benzene rings is 2. The number of rotatable bonds is 3. The number of nitrogens with zero attached hydrogens (tertiary/aromatic N) is 1. The summed E-state index contributed by atoms with van der Waals surface area (Å²) in [6.45, 7) is 4.20. The predicted octanol–water partition coefficient (Wildman–Crippen LogP) is 5.08. The first-order valence-corrected chi connectivity index (χ1v) is 7.42. The summed E-state index contributed by atoms with van der Waals surface area (Å²) in [5.74, 6) is 0.608. The third kappa shape index (κ3) is 3.36. The number of fused-ring (bicyclic) bond motifs is 1. The summed E-state index contributed by atoms with van der Waals surface area (Å²) >= 11 is 0. The van der Waals surface area contributed by atoms with Crippen molar-refractivity contribution in [3.8, 4) is 5.75 Å². The maximum absolute atomic E-state index is 10.7. The molecule has 0 heterocycles. The summed E-state index contributed by atoms with van der Waals surface area (Å²) in [5, 5.41) is 10.7. The van der Waals surface area contributed by atoms with Crippen molar-refractivity contribution in [3.63, 3.8) is 0 Å². The van der Waals surface area contributed by atoms with E-state index in [1.54, 1.807) is 12.1 Å². The summed E-state index contributed by atoms with van der Waals surface area (Å²) in [6.07, 6.45) is 7.82. The fourth-order valence-corrected chi connectivity index (χ4v) is 2.64. The summed E-state index contributed by atoms with van der Waals surface area (Å²) < 4.78 is 6.04. The molecule has 124 valence electrons. The minimum atomic E-state index is -0.416. The van der Waals surface area contributed by atoms with Gasteiger partial charge in [-0.2, -0.15) is 0 Å². The molecule has 0 saturated heterocycles. The maximum atomic E-state index is 10.7. The Morgan fingerprint density at radius 2 is 1.75 bits per heavy atom. The Bertz CT molecular complexity index is 808. The van der Waals surface area contributed by atoms with Crippen molar-refractivity contribution in [2.24, 2.45) is 0 Å². The van der Waals surface area contributed by atoms with E-state index in [1.807, 2.05) is 18.2 Å². The molecule has 0 spiro atoms. The van der Waals surface area contributed by atoms with Crippen LogP contribution in [0.1, 0.15) is 28.4 Å². The lowest BCUT2D eigenvalue weighted by atomic mass is 9.95. The number of ether oxygens (including phenoxy) is 1. The first-order valence-electron chi connectivity index (χ1n) is 7.42. The molecular weight excluding hydrogens is 304 g/mol. The Morgan fingerprint density at radius 3 is 2.42 bits per heavy atom. The van der Waals surface area contributed by atoms with Gasteiger partial charge in [-0.25, -0.2) is 0 Å². The Balaban J connectivity index is 0.00000208. The van der Waals surface area contributed by atoms with E-state index in [2.05, 4.69) is 32.1 Å². The van der Waals surface area contributed by atoms with Crippen molar-refractivity contribution in [3.05, 3.63) is 87.0 Å². The van der Waals surface area contributed by atoms with E-state index < -0.39 is 4.92 Å². The fraction of sp³-hybridized carbons (Fsp3) is 0.158. The first kappa shape index (κ1) is 17.4. The van der Waals surface area contributed by atoms with Crippen molar-refractivity contribution in [1.82, 2.24) is 6.15 Å². The molecule has 2 aromatic rings. The summed E-state index contributed by atoms with van der Waals surface area (Å²) in [5.41, 5.74) is 4.80. The van der Waals surface area contributed by atoms with Gasteiger partial charge in [-0.05, 0) is 48.7 Å². The highest BCUT2D eigenvalue weighted by atomic mass is 16.6. The van der Waals surface area contributed by atoms with Gasteiger partial charge in [0.05, 0.1) is 4.92 Å². The van der Waals surface area contributed by atoms with Gasteiger partial charge in [0, 0.05) is 17.7 Å². The molecule has 5 nitrogen and oxygen atoms in total. The van der Waals surface area contributed by atoms with Gasteiger partial charge < -0.3 is 10.9 Å². The largest absolute Gasteiger partial charge is 0.482 e. The molecule has 3 rings (SSSR count). The summed E-state index contributed by atoms with van der Waals surface area (Å²) in [6, 6.07) is 10.3. The predicted molar refractivity (Wildman–Crippen MR) is 95.6 cm³/mol. The lowest BCUT2D eigenvalue weighted by Gasteiger charge is -2.19. The zero-order valence-corrected chi connectivity index (χ0v) is 13.7. The third-order valence-electron chi connectivity index (χ3n) is 4.10. The van der Waals surface area contributed by atoms with Crippen LogP contribution in [0.15, 0.2) is 54.6 Å². The molecule has 5 heteroatoms. The van der Waals surface area contributed by atoms with E-state index >= 15 is 0 Å². The van der Waals surface area contributed by atoms with Gasteiger partial charge in [-0.1, -0.05) is 30.4 Å². The Kier molecular flexibility index (Phi) is 5.16. The van der Waals surface area contributed by atoms with Gasteiger partial charge in [0.2, 0.25) is 0 Å². The highest BCUT2D eigenvalue weighted by Gasteiger charge is 2.17. The van der Waals surface area contributed by atoms with Crippen LogP contribution in [-0.4, -0.2) is 4.92 Å².